The smallest absolute Gasteiger partial charge is 0.135 e. The molecule has 0 amide bonds. The summed E-state index contributed by atoms with van der Waals surface area (Å²) in [5.74, 6) is 0. The van der Waals surface area contributed by atoms with Crippen LogP contribution in [0.2, 0.25) is 0 Å². The second-order valence-corrected chi connectivity index (χ2v) is 11.7. The summed E-state index contributed by atoms with van der Waals surface area (Å²) in [5.41, 5.74) is 6.79. The lowest BCUT2D eigenvalue weighted by Gasteiger charge is -2.28. The van der Waals surface area contributed by atoms with Gasteiger partial charge < -0.3 is 13.7 Å². The molecule has 0 saturated heterocycles. The van der Waals surface area contributed by atoms with E-state index in [1.54, 1.807) is 0 Å². The molecule has 0 unspecified atom stereocenters. The molecule has 10 rings (SSSR count). The number of fused-ring (bicyclic) bond motifs is 11. The molecule has 3 heteroatoms. The van der Waals surface area contributed by atoms with Crippen LogP contribution in [0.1, 0.15) is 0 Å². The van der Waals surface area contributed by atoms with Crippen LogP contribution in [-0.4, -0.2) is 0 Å². The van der Waals surface area contributed by atoms with Gasteiger partial charge >= 0.3 is 0 Å². The van der Waals surface area contributed by atoms with E-state index in [4.69, 9.17) is 8.83 Å². The third-order valence-electron chi connectivity index (χ3n) is 9.22. The number of furan rings is 2. The van der Waals surface area contributed by atoms with Crippen LogP contribution in [0.3, 0.4) is 0 Å². The van der Waals surface area contributed by atoms with Gasteiger partial charge in [-0.05, 0) is 81.5 Å². The van der Waals surface area contributed by atoms with Gasteiger partial charge in [0.2, 0.25) is 0 Å². The molecule has 2 aromatic heterocycles. The van der Waals surface area contributed by atoms with Gasteiger partial charge in [-0.2, -0.15) is 0 Å². The van der Waals surface area contributed by atoms with Gasteiger partial charge in [-0.1, -0.05) is 97.1 Å². The highest BCUT2D eigenvalue weighted by molar-refractivity contribution is 6.22. The van der Waals surface area contributed by atoms with Crippen molar-refractivity contribution in [1.82, 2.24) is 0 Å². The van der Waals surface area contributed by atoms with Crippen LogP contribution >= 0.6 is 0 Å². The number of para-hydroxylation sites is 2. The Hall–Kier alpha value is -6.06. The molecule has 45 heavy (non-hydrogen) atoms. The number of nitrogens with zero attached hydrogens (tertiary/aromatic N) is 1. The first-order valence-electron chi connectivity index (χ1n) is 15.3. The Morgan fingerprint density at radius 3 is 1.44 bits per heavy atom. The van der Waals surface area contributed by atoms with Crippen molar-refractivity contribution in [3.8, 4) is 0 Å². The lowest BCUT2D eigenvalue weighted by molar-refractivity contribution is 0.668. The van der Waals surface area contributed by atoms with Crippen molar-refractivity contribution in [3.05, 3.63) is 152 Å². The Morgan fingerprint density at radius 1 is 0.311 bits per heavy atom. The summed E-state index contributed by atoms with van der Waals surface area (Å²) in [6.45, 7) is 0. The van der Waals surface area contributed by atoms with Gasteiger partial charge in [0.15, 0.2) is 0 Å². The lowest BCUT2D eigenvalue weighted by atomic mass is 9.95. The second kappa shape index (κ2) is 9.22. The minimum absolute atomic E-state index is 0.880. The minimum Gasteiger partial charge on any atom is -0.456 e. The maximum Gasteiger partial charge on any atom is 0.135 e. The first-order chi connectivity index (χ1) is 22.3. The van der Waals surface area contributed by atoms with Crippen molar-refractivity contribution in [1.29, 1.82) is 0 Å². The van der Waals surface area contributed by atoms with Crippen molar-refractivity contribution in [2.24, 2.45) is 0 Å². The highest BCUT2D eigenvalue weighted by Gasteiger charge is 2.21. The highest BCUT2D eigenvalue weighted by Crippen LogP contribution is 2.46. The molecule has 3 nitrogen and oxygen atoms in total. The monoisotopic (exact) mass is 575 g/mol. The summed E-state index contributed by atoms with van der Waals surface area (Å²) in [6.07, 6.45) is 0. The molecular weight excluding hydrogens is 550 g/mol. The Morgan fingerprint density at radius 2 is 0.800 bits per heavy atom. The van der Waals surface area contributed by atoms with Crippen molar-refractivity contribution < 1.29 is 8.83 Å². The van der Waals surface area contributed by atoms with Crippen molar-refractivity contribution in [3.63, 3.8) is 0 Å². The fraction of sp³-hybridized carbons (Fsp3) is 0. The molecule has 0 fully saturated rings. The van der Waals surface area contributed by atoms with E-state index in [-0.39, 0.29) is 0 Å². The first kappa shape index (κ1) is 24.4. The van der Waals surface area contributed by atoms with Gasteiger partial charge in [0.25, 0.3) is 0 Å². The zero-order valence-electron chi connectivity index (χ0n) is 24.2. The lowest BCUT2D eigenvalue weighted by Crippen LogP contribution is -2.10. The van der Waals surface area contributed by atoms with E-state index in [1.807, 2.05) is 24.3 Å². The molecule has 0 bridgehead atoms. The van der Waals surface area contributed by atoms with Gasteiger partial charge in [0.05, 0.1) is 5.69 Å². The fourth-order valence-corrected chi connectivity index (χ4v) is 7.16. The van der Waals surface area contributed by atoms with Gasteiger partial charge in [-0.15, -0.1) is 0 Å². The number of hydrogen-bond donors (Lipinski definition) is 0. The summed E-state index contributed by atoms with van der Waals surface area (Å²) < 4.78 is 12.5. The predicted molar refractivity (Wildman–Crippen MR) is 188 cm³/mol. The number of rotatable bonds is 3. The van der Waals surface area contributed by atoms with Crippen molar-refractivity contribution in [2.45, 2.75) is 0 Å². The predicted octanol–water partition coefficient (Wildman–Crippen LogP) is 12.4. The Kier molecular flexibility index (Phi) is 5.00. The Bertz CT molecular complexity index is 2670. The van der Waals surface area contributed by atoms with Crippen LogP contribution in [0.4, 0.5) is 17.1 Å². The summed E-state index contributed by atoms with van der Waals surface area (Å²) in [7, 11) is 0. The van der Waals surface area contributed by atoms with Crippen molar-refractivity contribution in [2.75, 3.05) is 4.90 Å². The van der Waals surface area contributed by atoms with Gasteiger partial charge in [0, 0.05) is 38.3 Å². The molecule has 0 aliphatic heterocycles. The number of benzene rings is 8. The third-order valence-corrected chi connectivity index (χ3v) is 9.22. The van der Waals surface area contributed by atoms with E-state index in [0.717, 1.165) is 60.9 Å². The summed E-state index contributed by atoms with van der Waals surface area (Å²) in [6, 6.07) is 53.9. The maximum absolute atomic E-state index is 6.24. The molecule has 8 aromatic carbocycles. The number of anilines is 3. The van der Waals surface area contributed by atoms with E-state index in [1.165, 1.54) is 32.3 Å². The van der Waals surface area contributed by atoms with E-state index in [9.17, 15) is 0 Å². The van der Waals surface area contributed by atoms with Crippen LogP contribution in [0, 0.1) is 0 Å². The maximum atomic E-state index is 6.24. The van der Waals surface area contributed by atoms with Crippen LogP contribution in [-0.2, 0) is 0 Å². The second-order valence-electron chi connectivity index (χ2n) is 11.7. The zero-order chi connectivity index (χ0) is 29.5. The van der Waals surface area contributed by atoms with E-state index >= 15 is 0 Å². The van der Waals surface area contributed by atoms with Gasteiger partial charge in [0.1, 0.15) is 22.3 Å². The quantitative estimate of drug-likeness (QED) is 0.196. The molecule has 0 aliphatic carbocycles. The molecule has 10 aromatic rings. The molecule has 0 atom stereocenters. The molecular formula is C42H25NO2. The normalized spacial score (nSPS) is 12.0. The average molecular weight is 576 g/mol. The average Bonchev–Trinajstić information content (AvgIpc) is 3.66. The van der Waals surface area contributed by atoms with Crippen LogP contribution in [0.15, 0.2) is 160 Å². The molecule has 0 N–H and O–H groups in total. The van der Waals surface area contributed by atoms with E-state index in [0.29, 0.717) is 0 Å². The molecule has 210 valence electrons. The Labute approximate surface area is 258 Å². The molecule has 0 radical (unpaired) electrons. The molecule has 0 spiro atoms. The summed E-state index contributed by atoms with van der Waals surface area (Å²) in [5, 5.41) is 11.8. The standard InChI is InChI=1S/C42H25NO2/c1-2-10-29-26(9-1)17-20-31-30-11-3-4-12-32(30)38(25-35(29)31)43(27-18-21-41-36(23-27)33-13-5-7-15-39(33)44-41)28-19-22-42-37(24-28)34-14-6-8-16-40(34)45-42/h1-25H. The first-order valence-corrected chi connectivity index (χ1v) is 15.3. The zero-order valence-corrected chi connectivity index (χ0v) is 24.2. The van der Waals surface area contributed by atoms with E-state index in [2.05, 4.69) is 132 Å². The largest absolute Gasteiger partial charge is 0.456 e. The SMILES string of the molecule is c1ccc2c(c1)ccc1c3ccccc3c(N(c3ccc4oc5ccccc5c4c3)c3ccc4oc5ccccc5c4c3)cc21. The highest BCUT2D eigenvalue weighted by atomic mass is 16.3. The van der Waals surface area contributed by atoms with Gasteiger partial charge in [-0.3, -0.25) is 0 Å². The topological polar surface area (TPSA) is 29.5 Å². The fourth-order valence-electron chi connectivity index (χ4n) is 7.16. The van der Waals surface area contributed by atoms with Gasteiger partial charge in [-0.25, -0.2) is 0 Å². The van der Waals surface area contributed by atoms with Crippen LogP contribution in [0.5, 0.6) is 0 Å². The van der Waals surface area contributed by atoms with Crippen molar-refractivity contribution >= 4 is 93.3 Å². The molecule has 2 heterocycles. The third kappa shape index (κ3) is 3.58. The molecule has 0 aliphatic rings. The number of hydrogen-bond acceptors (Lipinski definition) is 3. The van der Waals surface area contributed by atoms with Crippen LogP contribution < -0.4 is 4.90 Å². The van der Waals surface area contributed by atoms with Crippen LogP contribution in [0.25, 0.3) is 76.2 Å². The Balaban J connectivity index is 1.33. The summed E-state index contributed by atoms with van der Waals surface area (Å²) >= 11 is 0. The summed E-state index contributed by atoms with van der Waals surface area (Å²) in [4.78, 5) is 2.39. The molecule has 0 saturated carbocycles. The minimum atomic E-state index is 0.880. The van der Waals surface area contributed by atoms with E-state index < -0.39 is 0 Å².